The predicted octanol–water partition coefficient (Wildman–Crippen LogP) is 3.54. The quantitative estimate of drug-likeness (QED) is 0.807. The number of nitrogens with zero attached hydrogens (tertiary/aromatic N) is 1. The fourth-order valence-electron chi connectivity index (χ4n) is 4.02. The molecule has 1 saturated carbocycles. The molecule has 0 spiro atoms. The molecule has 116 valence electrons. The summed E-state index contributed by atoms with van der Waals surface area (Å²) in [6.45, 7) is 9.85. The van der Waals surface area contributed by atoms with Crippen molar-refractivity contribution >= 4 is 5.91 Å². The lowest BCUT2D eigenvalue weighted by Crippen LogP contribution is -2.43. The third-order valence-corrected chi connectivity index (χ3v) is 5.36. The summed E-state index contributed by atoms with van der Waals surface area (Å²) in [5.74, 6) is 0.922. The van der Waals surface area contributed by atoms with Crippen LogP contribution >= 0.6 is 0 Å². The molecule has 3 nitrogen and oxygen atoms in total. The van der Waals surface area contributed by atoms with Crippen molar-refractivity contribution in [3.8, 4) is 0 Å². The van der Waals surface area contributed by atoms with Crippen molar-refractivity contribution in [2.24, 2.45) is 11.3 Å². The average molecular weight is 280 g/mol. The van der Waals surface area contributed by atoms with E-state index in [9.17, 15) is 4.79 Å². The predicted molar refractivity (Wildman–Crippen MR) is 83.4 cm³/mol. The first-order valence-electron chi connectivity index (χ1n) is 8.58. The lowest BCUT2D eigenvalue weighted by molar-refractivity contribution is -0.132. The van der Waals surface area contributed by atoms with Gasteiger partial charge >= 0.3 is 0 Å². The van der Waals surface area contributed by atoms with Crippen molar-refractivity contribution in [1.29, 1.82) is 0 Å². The minimum atomic E-state index is 0.0512. The molecule has 1 heterocycles. The lowest BCUT2D eigenvalue weighted by atomic mass is 9.82. The maximum Gasteiger partial charge on any atom is 0.241 e. The first kappa shape index (κ1) is 15.8. The number of rotatable bonds is 6. The molecule has 1 N–H and O–H groups in total. The molecule has 0 bridgehead atoms. The van der Waals surface area contributed by atoms with Crippen LogP contribution in [0.1, 0.15) is 72.6 Å². The van der Waals surface area contributed by atoms with Crippen LogP contribution in [0.3, 0.4) is 0 Å². The summed E-state index contributed by atoms with van der Waals surface area (Å²) in [4.78, 5) is 14.9. The molecule has 1 aliphatic carbocycles. The Morgan fingerprint density at radius 1 is 1.30 bits per heavy atom. The zero-order valence-corrected chi connectivity index (χ0v) is 13.7. The van der Waals surface area contributed by atoms with Gasteiger partial charge < -0.3 is 4.90 Å². The van der Waals surface area contributed by atoms with Gasteiger partial charge in [0, 0.05) is 6.54 Å². The minimum Gasteiger partial charge on any atom is -0.325 e. The van der Waals surface area contributed by atoms with E-state index in [1.165, 1.54) is 32.1 Å². The van der Waals surface area contributed by atoms with E-state index in [1.54, 1.807) is 0 Å². The van der Waals surface area contributed by atoms with Crippen LogP contribution in [0.5, 0.6) is 0 Å². The van der Waals surface area contributed by atoms with E-state index < -0.39 is 0 Å². The number of amides is 1. The molecule has 0 aromatic heterocycles. The summed E-state index contributed by atoms with van der Waals surface area (Å²) in [6, 6.07) is 0.0512. The molecule has 0 aromatic rings. The fourth-order valence-corrected chi connectivity index (χ4v) is 4.02. The van der Waals surface area contributed by atoms with E-state index in [-0.39, 0.29) is 12.2 Å². The van der Waals surface area contributed by atoms with Crippen LogP contribution in [0, 0.1) is 11.3 Å². The molecule has 3 heteroatoms. The molecule has 2 rings (SSSR count). The van der Waals surface area contributed by atoms with Gasteiger partial charge in [-0.25, -0.2) is 0 Å². The Kier molecular flexibility index (Phi) is 5.11. The third kappa shape index (κ3) is 3.19. The summed E-state index contributed by atoms with van der Waals surface area (Å²) in [7, 11) is 0. The standard InChI is InChI=1S/C17H32N2O/c1-5-15-18-14(11-13(3)4)16(20)19(15)12-17(6-2)9-7-8-10-17/h13-15,18H,5-12H2,1-4H3. The second-order valence-corrected chi connectivity index (χ2v) is 7.30. The highest BCUT2D eigenvalue weighted by molar-refractivity contribution is 5.84. The molecule has 0 aromatic carbocycles. The second-order valence-electron chi connectivity index (χ2n) is 7.30. The molecule has 0 radical (unpaired) electrons. The van der Waals surface area contributed by atoms with E-state index in [1.807, 2.05) is 0 Å². The van der Waals surface area contributed by atoms with Crippen LogP contribution in [0.2, 0.25) is 0 Å². The van der Waals surface area contributed by atoms with Crippen molar-refractivity contribution < 1.29 is 4.79 Å². The Balaban J connectivity index is 2.06. The molecular formula is C17H32N2O. The molecule has 2 atom stereocenters. The Bertz CT molecular complexity index is 334. The van der Waals surface area contributed by atoms with Crippen LogP contribution in [-0.2, 0) is 4.79 Å². The van der Waals surface area contributed by atoms with Gasteiger partial charge in [0.15, 0.2) is 0 Å². The first-order valence-corrected chi connectivity index (χ1v) is 8.58. The SMILES string of the molecule is CCC1NC(CC(C)C)C(=O)N1CC1(CC)CCCC1. The van der Waals surface area contributed by atoms with Crippen molar-refractivity contribution in [3.05, 3.63) is 0 Å². The monoisotopic (exact) mass is 280 g/mol. The Labute approximate surface area is 124 Å². The highest BCUT2D eigenvalue weighted by Gasteiger charge is 2.43. The fraction of sp³-hybridized carbons (Fsp3) is 0.941. The maximum absolute atomic E-state index is 12.7. The highest BCUT2D eigenvalue weighted by atomic mass is 16.2. The summed E-state index contributed by atoms with van der Waals surface area (Å²) < 4.78 is 0. The highest BCUT2D eigenvalue weighted by Crippen LogP contribution is 2.42. The van der Waals surface area contributed by atoms with E-state index in [2.05, 4.69) is 37.9 Å². The molecule has 1 saturated heterocycles. The van der Waals surface area contributed by atoms with Crippen LogP contribution in [0.4, 0.5) is 0 Å². The van der Waals surface area contributed by atoms with Crippen LogP contribution in [0.15, 0.2) is 0 Å². The van der Waals surface area contributed by atoms with Gasteiger partial charge in [0.25, 0.3) is 0 Å². The number of carbonyl (C=O) groups excluding carboxylic acids is 1. The van der Waals surface area contributed by atoms with Crippen molar-refractivity contribution in [1.82, 2.24) is 10.2 Å². The van der Waals surface area contributed by atoms with Gasteiger partial charge in [-0.15, -0.1) is 0 Å². The molecule has 2 aliphatic rings. The van der Waals surface area contributed by atoms with E-state index >= 15 is 0 Å². The summed E-state index contributed by atoms with van der Waals surface area (Å²) in [5, 5.41) is 3.56. The van der Waals surface area contributed by atoms with Gasteiger partial charge in [0.1, 0.15) is 0 Å². The minimum absolute atomic E-state index is 0.0512. The first-order chi connectivity index (χ1) is 9.51. The molecule has 1 aliphatic heterocycles. The lowest BCUT2D eigenvalue weighted by Gasteiger charge is -2.35. The largest absolute Gasteiger partial charge is 0.325 e. The molecule has 20 heavy (non-hydrogen) atoms. The zero-order chi connectivity index (χ0) is 14.8. The van der Waals surface area contributed by atoms with Crippen molar-refractivity contribution in [2.45, 2.75) is 84.8 Å². The topological polar surface area (TPSA) is 32.3 Å². The normalized spacial score (nSPS) is 29.6. The number of nitrogens with one attached hydrogen (secondary N) is 1. The average Bonchev–Trinajstić information content (AvgIpc) is 2.99. The van der Waals surface area contributed by atoms with Gasteiger partial charge in [-0.1, -0.05) is 40.5 Å². The van der Waals surface area contributed by atoms with Gasteiger partial charge in [-0.3, -0.25) is 10.1 Å². The van der Waals surface area contributed by atoms with Gasteiger partial charge in [-0.2, -0.15) is 0 Å². The third-order valence-electron chi connectivity index (χ3n) is 5.36. The van der Waals surface area contributed by atoms with Crippen LogP contribution < -0.4 is 5.32 Å². The van der Waals surface area contributed by atoms with E-state index in [0.717, 1.165) is 19.4 Å². The summed E-state index contributed by atoms with van der Waals surface area (Å²) in [6.07, 6.45) is 8.74. The molecule has 1 amide bonds. The molecular weight excluding hydrogens is 248 g/mol. The Hall–Kier alpha value is -0.570. The van der Waals surface area contributed by atoms with E-state index in [0.29, 0.717) is 17.2 Å². The van der Waals surface area contributed by atoms with Crippen LogP contribution in [0.25, 0.3) is 0 Å². The van der Waals surface area contributed by atoms with Crippen molar-refractivity contribution in [3.63, 3.8) is 0 Å². The number of carbonyl (C=O) groups is 1. The smallest absolute Gasteiger partial charge is 0.241 e. The second kappa shape index (κ2) is 6.46. The summed E-state index contributed by atoms with van der Waals surface area (Å²) in [5.41, 5.74) is 0.400. The maximum atomic E-state index is 12.7. The van der Waals surface area contributed by atoms with Gasteiger partial charge in [0.05, 0.1) is 12.2 Å². The molecule has 2 unspecified atom stereocenters. The summed E-state index contributed by atoms with van der Waals surface area (Å²) >= 11 is 0. The Morgan fingerprint density at radius 2 is 1.95 bits per heavy atom. The molecule has 2 fully saturated rings. The number of hydrogen-bond donors (Lipinski definition) is 1. The number of hydrogen-bond acceptors (Lipinski definition) is 2. The van der Waals surface area contributed by atoms with Crippen molar-refractivity contribution in [2.75, 3.05) is 6.54 Å². The zero-order valence-electron chi connectivity index (χ0n) is 13.7. The Morgan fingerprint density at radius 3 is 2.45 bits per heavy atom. The van der Waals surface area contributed by atoms with Crippen LogP contribution in [-0.4, -0.2) is 29.6 Å². The van der Waals surface area contributed by atoms with Gasteiger partial charge in [-0.05, 0) is 43.4 Å². The van der Waals surface area contributed by atoms with Gasteiger partial charge in [0.2, 0.25) is 5.91 Å². The van der Waals surface area contributed by atoms with E-state index in [4.69, 9.17) is 0 Å².